The van der Waals surface area contributed by atoms with Crippen molar-refractivity contribution in [2.45, 2.75) is 31.7 Å². The van der Waals surface area contributed by atoms with Crippen LogP contribution in [0, 0.1) is 0 Å². The Morgan fingerprint density at radius 3 is 2.83 bits per heavy atom. The maximum absolute atomic E-state index is 12.9. The van der Waals surface area contributed by atoms with E-state index in [1.807, 2.05) is 0 Å². The summed E-state index contributed by atoms with van der Waals surface area (Å²) in [5.41, 5.74) is -0.972. The lowest BCUT2D eigenvalue weighted by molar-refractivity contribution is -0.137. The van der Waals surface area contributed by atoms with E-state index in [9.17, 15) is 18.0 Å². The average Bonchev–Trinajstić information content (AvgIpc) is 2.93. The summed E-state index contributed by atoms with van der Waals surface area (Å²) in [5, 5.41) is 4.09. The monoisotopic (exact) mass is 329 g/mol. The molecule has 0 saturated carbocycles. The number of hydrogen-bond acceptors (Lipinski definition) is 5. The molecule has 1 aliphatic heterocycles. The highest BCUT2D eigenvalue weighted by Crippen LogP contribution is 2.33. The molecule has 1 fully saturated rings. The SMILES string of the molecule is COC(=O)c1nn(C2CCCCO2)c2ncc(C(F)(F)F)cc12. The van der Waals surface area contributed by atoms with E-state index >= 15 is 0 Å². The average molecular weight is 329 g/mol. The predicted octanol–water partition coefficient (Wildman–Crippen LogP) is 2.94. The number of esters is 1. The molecule has 1 atom stereocenters. The topological polar surface area (TPSA) is 66.2 Å². The van der Waals surface area contributed by atoms with E-state index in [0.29, 0.717) is 13.0 Å². The molecule has 0 bridgehead atoms. The second-order valence-corrected chi connectivity index (χ2v) is 5.20. The third-order valence-electron chi connectivity index (χ3n) is 3.68. The van der Waals surface area contributed by atoms with Crippen molar-refractivity contribution in [1.82, 2.24) is 14.8 Å². The first-order valence-electron chi connectivity index (χ1n) is 7.07. The van der Waals surface area contributed by atoms with Crippen LogP contribution in [0.25, 0.3) is 11.0 Å². The van der Waals surface area contributed by atoms with Gasteiger partial charge in [0.05, 0.1) is 18.1 Å². The van der Waals surface area contributed by atoms with E-state index in [4.69, 9.17) is 4.74 Å². The molecule has 2 aromatic rings. The molecule has 9 heteroatoms. The predicted molar refractivity (Wildman–Crippen MR) is 72.7 cm³/mol. The van der Waals surface area contributed by atoms with Crippen LogP contribution < -0.4 is 0 Å². The molecule has 6 nitrogen and oxygen atoms in total. The van der Waals surface area contributed by atoms with Crippen LogP contribution in [0.3, 0.4) is 0 Å². The van der Waals surface area contributed by atoms with Gasteiger partial charge in [-0.15, -0.1) is 0 Å². The Kier molecular flexibility index (Phi) is 3.97. The minimum atomic E-state index is -4.56. The number of fused-ring (bicyclic) bond motifs is 1. The number of aromatic nitrogens is 3. The van der Waals surface area contributed by atoms with Crippen molar-refractivity contribution in [1.29, 1.82) is 0 Å². The smallest absolute Gasteiger partial charge is 0.417 e. The van der Waals surface area contributed by atoms with Gasteiger partial charge in [0.1, 0.15) is 0 Å². The van der Waals surface area contributed by atoms with Crippen molar-refractivity contribution >= 4 is 17.0 Å². The largest absolute Gasteiger partial charge is 0.464 e. The summed E-state index contributed by atoms with van der Waals surface area (Å²) in [7, 11) is 1.14. The van der Waals surface area contributed by atoms with E-state index in [-0.39, 0.29) is 16.7 Å². The fourth-order valence-electron chi connectivity index (χ4n) is 2.54. The van der Waals surface area contributed by atoms with Gasteiger partial charge in [0.15, 0.2) is 17.6 Å². The van der Waals surface area contributed by atoms with Crippen molar-refractivity contribution < 1.29 is 27.4 Å². The highest BCUT2D eigenvalue weighted by atomic mass is 19.4. The molecule has 3 rings (SSSR count). The summed E-state index contributed by atoms with van der Waals surface area (Å²) >= 11 is 0. The van der Waals surface area contributed by atoms with Gasteiger partial charge >= 0.3 is 12.1 Å². The highest BCUT2D eigenvalue weighted by Gasteiger charge is 2.33. The fraction of sp³-hybridized carbons (Fsp3) is 0.500. The minimum Gasteiger partial charge on any atom is -0.464 e. The molecule has 1 unspecified atom stereocenters. The van der Waals surface area contributed by atoms with Crippen LogP contribution in [-0.2, 0) is 15.7 Å². The number of halogens is 3. The van der Waals surface area contributed by atoms with Gasteiger partial charge in [0.2, 0.25) is 0 Å². The van der Waals surface area contributed by atoms with Crippen LogP contribution in [0.15, 0.2) is 12.3 Å². The molecule has 1 saturated heterocycles. The molecule has 0 amide bonds. The molecule has 0 N–H and O–H groups in total. The van der Waals surface area contributed by atoms with Crippen molar-refractivity contribution in [3.05, 3.63) is 23.5 Å². The lowest BCUT2D eigenvalue weighted by Gasteiger charge is -2.23. The summed E-state index contributed by atoms with van der Waals surface area (Å²) in [6.45, 7) is 0.528. The lowest BCUT2D eigenvalue weighted by Crippen LogP contribution is -2.20. The molecule has 0 spiro atoms. The Balaban J connectivity index is 2.16. The molecular weight excluding hydrogens is 315 g/mol. The summed E-state index contributed by atoms with van der Waals surface area (Å²) in [6.07, 6.45) is -1.82. The van der Waals surface area contributed by atoms with E-state index < -0.39 is 23.9 Å². The first kappa shape index (κ1) is 15.7. The van der Waals surface area contributed by atoms with Gasteiger partial charge in [0.25, 0.3) is 0 Å². The minimum absolute atomic E-state index is 0.000786. The Morgan fingerprint density at radius 1 is 1.43 bits per heavy atom. The second kappa shape index (κ2) is 5.80. The van der Waals surface area contributed by atoms with Crippen molar-refractivity contribution in [2.75, 3.05) is 13.7 Å². The zero-order valence-electron chi connectivity index (χ0n) is 12.3. The number of carbonyl (C=O) groups is 1. The molecule has 0 radical (unpaired) electrons. The van der Waals surface area contributed by atoms with E-state index in [1.54, 1.807) is 0 Å². The number of hydrogen-bond donors (Lipinski definition) is 0. The zero-order valence-corrected chi connectivity index (χ0v) is 12.3. The van der Waals surface area contributed by atoms with Crippen molar-refractivity contribution in [3.63, 3.8) is 0 Å². The number of carbonyl (C=O) groups excluding carboxylic acids is 1. The third-order valence-corrected chi connectivity index (χ3v) is 3.68. The second-order valence-electron chi connectivity index (χ2n) is 5.20. The number of methoxy groups -OCH3 is 1. The third kappa shape index (κ3) is 2.88. The van der Waals surface area contributed by atoms with Gasteiger partial charge in [-0.3, -0.25) is 0 Å². The van der Waals surface area contributed by atoms with Gasteiger partial charge in [-0.2, -0.15) is 18.3 Å². The molecule has 0 aromatic carbocycles. The van der Waals surface area contributed by atoms with Crippen LogP contribution in [-0.4, -0.2) is 34.5 Å². The maximum Gasteiger partial charge on any atom is 0.417 e. The van der Waals surface area contributed by atoms with Gasteiger partial charge < -0.3 is 9.47 Å². The van der Waals surface area contributed by atoms with E-state index in [1.165, 1.54) is 4.68 Å². The normalized spacial score (nSPS) is 19.0. The van der Waals surface area contributed by atoms with E-state index in [0.717, 1.165) is 32.2 Å². The molecule has 3 heterocycles. The maximum atomic E-state index is 12.9. The van der Waals surface area contributed by atoms with Crippen LogP contribution in [0.1, 0.15) is 41.5 Å². The molecular formula is C14H14F3N3O3. The first-order valence-corrected chi connectivity index (χ1v) is 7.07. The van der Waals surface area contributed by atoms with Crippen LogP contribution in [0.5, 0.6) is 0 Å². The summed E-state index contributed by atoms with van der Waals surface area (Å²) < 4.78 is 50.2. The van der Waals surface area contributed by atoms with Crippen LogP contribution in [0.2, 0.25) is 0 Å². The summed E-state index contributed by atoms with van der Waals surface area (Å²) in [5.74, 6) is -0.814. The highest BCUT2D eigenvalue weighted by molar-refractivity contribution is 6.01. The molecule has 2 aromatic heterocycles. The van der Waals surface area contributed by atoms with Gasteiger partial charge in [0, 0.05) is 12.8 Å². The number of ether oxygens (including phenoxy) is 2. The van der Waals surface area contributed by atoms with Gasteiger partial charge in [-0.1, -0.05) is 0 Å². The molecule has 23 heavy (non-hydrogen) atoms. The quantitative estimate of drug-likeness (QED) is 0.793. The van der Waals surface area contributed by atoms with E-state index in [2.05, 4.69) is 14.8 Å². The van der Waals surface area contributed by atoms with Gasteiger partial charge in [-0.25, -0.2) is 14.5 Å². The fourth-order valence-corrected chi connectivity index (χ4v) is 2.54. The number of nitrogens with zero attached hydrogens (tertiary/aromatic N) is 3. The lowest BCUT2D eigenvalue weighted by atomic mass is 10.2. The summed E-state index contributed by atoms with van der Waals surface area (Å²) in [4.78, 5) is 15.7. The standard InChI is InChI=1S/C14H14F3N3O3/c1-22-13(21)11-9-6-8(14(15,16)17)7-18-12(9)20(19-11)10-4-2-3-5-23-10/h6-7,10H,2-5H2,1H3. The van der Waals surface area contributed by atoms with Crippen molar-refractivity contribution in [3.8, 4) is 0 Å². The number of rotatable bonds is 2. The Labute approximate surface area is 129 Å². The van der Waals surface area contributed by atoms with Crippen molar-refractivity contribution in [2.24, 2.45) is 0 Å². The Hall–Kier alpha value is -2.16. The Bertz CT molecular complexity index is 736. The zero-order chi connectivity index (χ0) is 16.6. The number of alkyl halides is 3. The number of pyridine rings is 1. The summed E-state index contributed by atoms with van der Waals surface area (Å²) in [6, 6.07) is 0.862. The molecule has 0 aliphatic carbocycles. The van der Waals surface area contributed by atoms with Crippen LogP contribution >= 0.6 is 0 Å². The first-order chi connectivity index (χ1) is 10.9. The Morgan fingerprint density at radius 2 is 2.22 bits per heavy atom. The van der Waals surface area contributed by atoms with Crippen LogP contribution in [0.4, 0.5) is 13.2 Å². The molecule has 124 valence electrons. The molecule has 1 aliphatic rings. The van der Waals surface area contributed by atoms with Gasteiger partial charge in [-0.05, 0) is 25.3 Å².